The molecule has 0 aromatic heterocycles. The van der Waals surface area contributed by atoms with E-state index >= 15 is 0 Å². The van der Waals surface area contributed by atoms with Gasteiger partial charge in [-0.1, -0.05) is 70.4 Å². The summed E-state index contributed by atoms with van der Waals surface area (Å²) in [4.78, 5) is 0. The Bertz CT molecular complexity index is 151. The quantitative estimate of drug-likeness (QED) is 0.449. The molecular formula is C16H30. The molecule has 0 heterocycles. The smallest absolute Gasteiger partial charge is 0.0351 e. The molecule has 1 aliphatic rings. The summed E-state index contributed by atoms with van der Waals surface area (Å²) < 4.78 is 0. The van der Waals surface area contributed by atoms with Crippen molar-refractivity contribution in [1.29, 1.82) is 0 Å². The molecule has 0 unspecified atom stereocenters. The van der Waals surface area contributed by atoms with Gasteiger partial charge in [-0.3, -0.25) is 0 Å². The van der Waals surface area contributed by atoms with Crippen molar-refractivity contribution in [2.75, 3.05) is 0 Å². The summed E-state index contributed by atoms with van der Waals surface area (Å²) in [5.41, 5.74) is 0. The van der Waals surface area contributed by atoms with E-state index in [1.807, 2.05) is 0 Å². The van der Waals surface area contributed by atoms with Crippen LogP contribution in [0.4, 0.5) is 0 Å². The zero-order chi connectivity index (χ0) is 11.5. The summed E-state index contributed by atoms with van der Waals surface area (Å²) >= 11 is 0. The molecule has 16 heavy (non-hydrogen) atoms. The second kappa shape index (κ2) is 9.93. The number of hydrogen-bond acceptors (Lipinski definition) is 0. The Kier molecular flexibility index (Phi) is 8.57. The Balaban J connectivity index is 2.16. The van der Waals surface area contributed by atoms with Gasteiger partial charge in [0.2, 0.25) is 0 Å². The van der Waals surface area contributed by atoms with Gasteiger partial charge in [0, 0.05) is 0 Å². The molecule has 0 aromatic rings. The van der Waals surface area contributed by atoms with Crippen molar-refractivity contribution in [2.45, 2.75) is 84.0 Å². The average molecular weight is 222 g/mol. The van der Waals surface area contributed by atoms with E-state index in [4.69, 9.17) is 0 Å². The van der Waals surface area contributed by atoms with E-state index in [2.05, 4.69) is 19.1 Å². The lowest BCUT2D eigenvalue weighted by Gasteiger charge is -2.10. The summed E-state index contributed by atoms with van der Waals surface area (Å²) in [6.07, 6.45) is 21.9. The van der Waals surface area contributed by atoms with Crippen LogP contribution in [0.25, 0.3) is 0 Å². The van der Waals surface area contributed by atoms with Crippen molar-refractivity contribution in [3.63, 3.8) is 0 Å². The van der Waals surface area contributed by atoms with Crippen LogP contribution in [0.15, 0.2) is 12.2 Å². The maximum atomic E-state index is 2.44. The van der Waals surface area contributed by atoms with Crippen molar-refractivity contribution < 1.29 is 0 Å². The standard InChI is InChI=1S/C16H30/c1-16-14-12-10-8-6-4-2-3-5-7-9-11-13-15-16/h2-3,16H,4-15H2,1H3. The third-order valence-electron chi connectivity index (χ3n) is 3.80. The molecule has 94 valence electrons. The van der Waals surface area contributed by atoms with E-state index < -0.39 is 0 Å². The lowest BCUT2D eigenvalue weighted by atomic mass is 9.96. The van der Waals surface area contributed by atoms with Gasteiger partial charge in [0.25, 0.3) is 0 Å². The van der Waals surface area contributed by atoms with E-state index in [9.17, 15) is 0 Å². The fraction of sp³-hybridized carbons (Fsp3) is 0.875. The number of allylic oxidation sites excluding steroid dienone is 2. The molecule has 0 saturated heterocycles. The van der Waals surface area contributed by atoms with Gasteiger partial charge in [0.15, 0.2) is 0 Å². The Labute approximate surface area is 103 Å². The van der Waals surface area contributed by atoms with Crippen molar-refractivity contribution in [3.05, 3.63) is 12.2 Å². The molecule has 0 N–H and O–H groups in total. The van der Waals surface area contributed by atoms with Gasteiger partial charge in [-0.2, -0.15) is 0 Å². The minimum absolute atomic E-state index is 0.975. The van der Waals surface area contributed by atoms with Gasteiger partial charge in [0.1, 0.15) is 0 Å². The summed E-state index contributed by atoms with van der Waals surface area (Å²) in [6.45, 7) is 2.44. The summed E-state index contributed by atoms with van der Waals surface area (Å²) in [7, 11) is 0. The van der Waals surface area contributed by atoms with Crippen LogP contribution in [0.5, 0.6) is 0 Å². The van der Waals surface area contributed by atoms with Crippen molar-refractivity contribution in [1.82, 2.24) is 0 Å². The molecule has 0 atom stereocenters. The first kappa shape index (κ1) is 13.8. The Morgan fingerprint density at radius 1 is 0.625 bits per heavy atom. The average Bonchev–Trinajstić information content (AvgIpc) is 2.29. The molecule has 1 rings (SSSR count). The zero-order valence-electron chi connectivity index (χ0n) is 11.2. The molecule has 0 fully saturated rings. The zero-order valence-corrected chi connectivity index (χ0v) is 11.2. The van der Waals surface area contributed by atoms with E-state index in [1.54, 1.807) is 0 Å². The highest BCUT2D eigenvalue weighted by atomic mass is 14.1. The second-order valence-electron chi connectivity index (χ2n) is 5.56. The summed E-state index contributed by atoms with van der Waals surface area (Å²) in [6, 6.07) is 0. The van der Waals surface area contributed by atoms with Gasteiger partial charge >= 0.3 is 0 Å². The summed E-state index contributed by atoms with van der Waals surface area (Å²) in [5, 5.41) is 0. The Morgan fingerprint density at radius 2 is 1.06 bits per heavy atom. The van der Waals surface area contributed by atoms with Gasteiger partial charge < -0.3 is 0 Å². The first-order chi connectivity index (χ1) is 7.89. The molecule has 0 amide bonds. The fourth-order valence-electron chi connectivity index (χ4n) is 2.60. The molecule has 0 spiro atoms. The van der Waals surface area contributed by atoms with Crippen LogP contribution >= 0.6 is 0 Å². The summed E-state index contributed by atoms with van der Waals surface area (Å²) in [5.74, 6) is 0.975. The highest BCUT2D eigenvalue weighted by Crippen LogP contribution is 2.18. The predicted octanol–water partition coefficient (Wildman–Crippen LogP) is 5.87. The molecule has 0 heteroatoms. The lowest BCUT2D eigenvalue weighted by Crippen LogP contribution is -1.95. The molecule has 0 radical (unpaired) electrons. The van der Waals surface area contributed by atoms with E-state index in [0.29, 0.717) is 0 Å². The molecular weight excluding hydrogens is 192 g/mol. The van der Waals surface area contributed by atoms with E-state index in [-0.39, 0.29) is 0 Å². The maximum Gasteiger partial charge on any atom is -0.0351 e. The topological polar surface area (TPSA) is 0 Å². The molecule has 0 nitrogen and oxygen atoms in total. The minimum Gasteiger partial charge on any atom is -0.0885 e. The van der Waals surface area contributed by atoms with Gasteiger partial charge in [0.05, 0.1) is 0 Å². The van der Waals surface area contributed by atoms with E-state index in [1.165, 1.54) is 77.0 Å². The van der Waals surface area contributed by atoms with Crippen LogP contribution in [-0.2, 0) is 0 Å². The Hall–Kier alpha value is -0.260. The van der Waals surface area contributed by atoms with E-state index in [0.717, 1.165) is 5.92 Å². The van der Waals surface area contributed by atoms with Crippen LogP contribution in [0, 0.1) is 5.92 Å². The number of hydrogen-bond donors (Lipinski definition) is 0. The third-order valence-corrected chi connectivity index (χ3v) is 3.80. The SMILES string of the molecule is CC1CCCCCCC=CCCCCCC1. The highest BCUT2D eigenvalue weighted by Gasteiger charge is 2.02. The van der Waals surface area contributed by atoms with Crippen LogP contribution in [0.3, 0.4) is 0 Å². The van der Waals surface area contributed by atoms with Gasteiger partial charge in [-0.15, -0.1) is 0 Å². The molecule has 1 aliphatic carbocycles. The molecule has 0 saturated carbocycles. The van der Waals surface area contributed by atoms with Crippen molar-refractivity contribution in [2.24, 2.45) is 5.92 Å². The number of rotatable bonds is 0. The van der Waals surface area contributed by atoms with Crippen LogP contribution in [-0.4, -0.2) is 0 Å². The monoisotopic (exact) mass is 222 g/mol. The molecule has 0 bridgehead atoms. The van der Waals surface area contributed by atoms with Crippen LogP contribution in [0.1, 0.15) is 84.0 Å². The first-order valence-electron chi connectivity index (χ1n) is 7.54. The Morgan fingerprint density at radius 3 is 1.56 bits per heavy atom. The van der Waals surface area contributed by atoms with Crippen LogP contribution < -0.4 is 0 Å². The highest BCUT2D eigenvalue weighted by molar-refractivity contribution is 4.81. The third kappa shape index (κ3) is 7.96. The minimum atomic E-state index is 0.975. The predicted molar refractivity (Wildman–Crippen MR) is 73.7 cm³/mol. The normalized spacial score (nSPS) is 23.6. The lowest BCUT2D eigenvalue weighted by molar-refractivity contribution is 0.435. The van der Waals surface area contributed by atoms with Gasteiger partial charge in [-0.25, -0.2) is 0 Å². The van der Waals surface area contributed by atoms with Crippen molar-refractivity contribution in [3.8, 4) is 0 Å². The largest absolute Gasteiger partial charge is 0.0885 e. The fourth-order valence-corrected chi connectivity index (χ4v) is 2.60. The molecule has 0 aromatic carbocycles. The first-order valence-corrected chi connectivity index (χ1v) is 7.54. The van der Waals surface area contributed by atoms with Gasteiger partial charge in [-0.05, 0) is 31.6 Å². The maximum absolute atomic E-state index is 2.44. The van der Waals surface area contributed by atoms with Crippen molar-refractivity contribution >= 4 is 0 Å². The molecule has 0 aliphatic heterocycles. The second-order valence-corrected chi connectivity index (χ2v) is 5.56. The van der Waals surface area contributed by atoms with Crippen LogP contribution in [0.2, 0.25) is 0 Å².